The van der Waals surface area contributed by atoms with Crippen LogP contribution in [0.15, 0.2) is 24.4 Å². The minimum absolute atomic E-state index is 0.210. The smallest absolute Gasteiger partial charge is 0.328 e. The molecule has 1 amide bonds. The van der Waals surface area contributed by atoms with Gasteiger partial charge in [-0.2, -0.15) is 0 Å². The van der Waals surface area contributed by atoms with Crippen LogP contribution in [0.3, 0.4) is 0 Å². The summed E-state index contributed by atoms with van der Waals surface area (Å²) in [5.74, 6) is -1.40. The first-order valence-electron chi connectivity index (χ1n) is 6.76. The minimum atomic E-state index is -1.07. The van der Waals surface area contributed by atoms with Gasteiger partial charge in [-0.3, -0.25) is 9.78 Å². The average molecular weight is 290 g/mol. The molecule has 0 bridgehead atoms. The van der Waals surface area contributed by atoms with E-state index in [0.717, 1.165) is 18.9 Å². The first kappa shape index (κ1) is 15.2. The lowest BCUT2D eigenvalue weighted by atomic mass is 9.94. The number of carboxylic acids is 1. The molecule has 0 aromatic carbocycles. The fraction of sp³-hybridized carbons (Fsp3) is 0.400. The van der Waals surface area contributed by atoms with Crippen LogP contribution in [0.4, 0.5) is 0 Å². The van der Waals surface area contributed by atoms with Crippen molar-refractivity contribution in [3.63, 3.8) is 0 Å². The summed E-state index contributed by atoms with van der Waals surface area (Å²) in [7, 11) is 0. The third-order valence-electron chi connectivity index (χ3n) is 3.31. The van der Waals surface area contributed by atoms with E-state index < -0.39 is 11.5 Å². The largest absolute Gasteiger partial charge is 0.478 e. The molecule has 0 saturated carbocycles. The third-order valence-corrected chi connectivity index (χ3v) is 3.31. The van der Waals surface area contributed by atoms with Crippen molar-refractivity contribution >= 4 is 18.0 Å². The van der Waals surface area contributed by atoms with Crippen molar-refractivity contribution < 1.29 is 19.4 Å². The Kier molecular flexibility index (Phi) is 4.70. The highest BCUT2D eigenvalue weighted by atomic mass is 16.5. The number of carboxylic acid groups (broad SMARTS) is 1. The fourth-order valence-electron chi connectivity index (χ4n) is 2.27. The number of carbonyl (C=O) groups excluding carboxylic acids is 1. The van der Waals surface area contributed by atoms with Gasteiger partial charge in [0.1, 0.15) is 5.69 Å². The lowest BCUT2D eigenvalue weighted by Crippen LogP contribution is -2.51. The van der Waals surface area contributed by atoms with Gasteiger partial charge in [-0.25, -0.2) is 4.79 Å². The lowest BCUT2D eigenvalue weighted by molar-refractivity contribution is -0.131. The maximum absolute atomic E-state index is 12.4. The number of amides is 1. The van der Waals surface area contributed by atoms with E-state index >= 15 is 0 Å². The molecule has 0 aliphatic carbocycles. The highest BCUT2D eigenvalue weighted by molar-refractivity contribution is 5.97. The van der Waals surface area contributed by atoms with Crippen molar-refractivity contribution in [1.29, 1.82) is 0 Å². The van der Waals surface area contributed by atoms with Crippen molar-refractivity contribution in [2.24, 2.45) is 0 Å². The zero-order valence-electron chi connectivity index (χ0n) is 11.8. The second kappa shape index (κ2) is 6.49. The van der Waals surface area contributed by atoms with Crippen LogP contribution in [0.1, 0.15) is 35.8 Å². The van der Waals surface area contributed by atoms with Crippen molar-refractivity contribution in [3.8, 4) is 0 Å². The molecule has 2 heterocycles. The van der Waals surface area contributed by atoms with Gasteiger partial charge in [0.25, 0.3) is 5.91 Å². The summed E-state index contributed by atoms with van der Waals surface area (Å²) in [6.07, 6.45) is 5.59. The molecule has 21 heavy (non-hydrogen) atoms. The van der Waals surface area contributed by atoms with Crippen molar-refractivity contribution in [3.05, 3.63) is 35.7 Å². The number of ether oxygens (including phenoxy) is 1. The monoisotopic (exact) mass is 290 g/mol. The minimum Gasteiger partial charge on any atom is -0.478 e. The van der Waals surface area contributed by atoms with Crippen molar-refractivity contribution in [1.82, 2.24) is 10.3 Å². The third kappa shape index (κ3) is 4.13. The predicted octanol–water partition coefficient (Wildman–Crippen LogP) is 1.48. The van der Waals surface area contributed by atoms with Gasteiger partial charge in [0.05, 0.1) is 12.1 Å². The van der Waals surface area contributed by atoms with Gasteiger partial charge in [0.15, 0.2) is 0 Å². The molecule has 2 N–H and O–H groups in total. The van der Waals surface area contributed by atoms with E-state index in [1.54, 1.807) is 12.1 Å². The molecular weight excluding hydrogens is 272 g/mol. The Balaban J connectivity index is 2.17. The number of nitrogens with zero attached hydrogens (tertiary/aromatic N) is 1. The van der Waals surface area contributed by atoms with E-state index in [2.05, 4.69) is 10.3 Å². The molecule has 1 saturated heterocycles. The number of hydrogen-bond acceptors (Lipinski definition) is 4. The van der Waals surface area contributed by atoms with Gasteiger partial charge < -0.3 is 15.2 Å². The van der Waals surface area contributed by atoms with Crippen LogP contribution < -0.4 is 5.32 Å². The van der Waals surface area contributed by atoms with Crippen molar-refractivity contribution in [2.45, 2.75) is 25.3 Å². The average Bonchev–Trinajstić information content (AvgIpc) is 2.45. The van der Waals surface area contributed by atoms with Gasteiger partial charge in [-0.1, -0.05) is 6.07 Å². The van der Waals surface area contributed by atoms with Gasteiger partial charge in [0, 0.05) is 24.4 Å². The molecule has 1 fully saturated rings. The van der Waals surface area contributed by atoms with E-state index in [-0.39, 0.29) is 11.6 Å². The van der Waals surface area contributed by atoms with Gasteiger partial charge in [0.2, 0.25) is 0 Å². The second-order valence-electron chi connectivity index (χ2n) is 5.28. The molecule has 2 rings (SSSR count). The first-order chi connectivity index (χ1) is 10.0. The number of nitrogens with one attached hydrogen (secondary N) is 1. The number of rotatable bonds is 4. The van der Waals surface area contributed by atoms with E-state index in [4.69, 9.17) is 9.84 Å². The van der Waals surface area contributed by atoms with Crippen LogP contribution in [0, 0.1) is 0 Å². The van der Waals surface area contributed by atoms with Crippen LogP contribution in [0.25, 0.3) is 6.08 Å². The Hall–Kier alpha value is -2.21. The summed E-state index contributed by atoms with van der Waals surface area (Å²) < 4.78 is 5.40. The molecule has 1 aliphatic heterocycles. The molecule has 112 valence electrons. The number of carbonyl (C=O) groups is 2. The summed E-state index contributed by atoms with van der Waals surface area (Å²) in [5, 5.41) is 11.6. The number of aliphatic carboxylic acids is 1. The van der Waals surface area contributed by atoms with Crippen LogP contribution in [0.5, 0.6) is 0 Å². The molecule has 6 nitrogen and oxygen atoms in total. The lowest BCUT2D eigenvalue weighted by Gasteiger charge is -2.34. The number of pyridine rings is 1. The Morgan fingerprint density at radius 2 is 2.33 bits per heavy atom. The molecule has 1 aliphatic rings. The zero-order chi connectivity index (χ0) is 15.3. The summed E-state index contributed by atoms with van der Waals surface area (Å²) in [6, 6.07) is 3.31. The predicted molar refractivity (Wildman–Crippen MR) is 76.8 cm³/mol. The zero-order valence-corrected chi connectivity index (χ0v) is 11.8. The van der Waals surface area contributed by atoms with Crippen LogP contribution in [0.2, 0.25) is 0 Å². The molecule has 1 atom stereocenters. The summed E-state index contributed by atoms with van der Waals surface area (Å²) >= 11 is 0. The second-order valence-corrected chi connectivity index (χ2v) is 5.28. The molecule has 1 aromatic heterocycles. The highest BCUT2D eigenvalue weighted by Crippen LogP contribution is 2.19. The summed E-state index contributed by atoms with van der Waals surface area (Å²) in [4.78, 5) is 27.0. The fourth-order valence-corrected chi connectivity index (χ4v) is 2.27. The van der Waals surface area contributed by atoms with Gasteiger partial charge in [-0.15, -0.1) is 0 Å². The van der Waals surface area contributed by atoms with E-state index in [1.165, 1.54) is 12.3 Å². The molecule has 6 heteroatoms. The number of hydrogen-bond donors (Lipinski definition) is 2. The van der Waals surface area contributed by atoms with E-state index in [9.17, 15) is 9.59 Å². The Morgan fingerprint density at radius 3 is 3.00 bits per heavy atom. The Labute approximate surface area is 122 Å². The molecule has 0 radical (unpaired) electrons. The molecular formula is C15H18N2O4. The topological polar surface area (TPSA) is 88.5 Å². The van der Waals surface area contributed by atoms with Crippen LogP contribution in [-0.4, -0.2) is 40.7 Å². The Bertz CT molecular complexity index is 563. The maximum atomic E-state index is 12.4. The first-order valence-corrected chi connectivity index (χ1v) is 6.76. The highest BCUT2D eigenvalue weighted by Gasteiger charge is 2.30. The number of aromatic nitrogens is 1. The van der Waals surface area contributed by atoms with E-state index in [1.807, 2.05) is 6.92 Å². The van der Waals surface area contributed by atoms with Gasteiger partial charge in [-0.05, 0) is 31.9 Å². The summed E-state index contributed by atoms with van der Waals surface area (Å²) in [5.41, 5.74) is 0.264. The molecule has 1 aromatic rings. The summed E-state index contributed by atoms with van der Waals surface area (Å²) in [6.45, 7) is 3.10. The standard InChI is InChI=1S/C15H18N2O4/c1-15(7-3-9-21-10-15)17-14(20)13-11(4-2-8-16-13)5-6-12(18)19/h2,4-6,8H,3,7,9-10H2,1H3,(H,17,20)(H,18,19)/b6-5+. The van der Waals surface area contributed by atoms with Crippen LogP contribution in [-0.2, 0) is 9.53 Å². The Morgan fingerprint density at radius 1 is 1.52 bits per heavy atom. The normalized spacial score (nSPS) is 22.1. The SMILES string of the molecule is CC1(NC(=O)c2ncccc2/C=C/C(=O)O)CCCOC1. The van der Waals surface area contributed by atoms with E-state index in [0.29, 0.717) is 18.8 Å². The van der Waals surface area contributed by atoms with Crippen molar-refractivity contribution in [2.75, 3.05) is 13.2 Å². The molecule has 1 unspecified atom stereocenters. The maximum Gasteiger partial charge on any atom is 0.328 e. The van der Waals surface area contributed by atoms with Gasteiger partial charge >= 0.3 is 5.97 Å². The molecule has 0 spiro atoms. The van der Waals surface area contributed by atoms with Crippen LogP contribution >= 0.6 is 0 Å². The quantitative estimate of drug-likeness (QED) is 0.820.